The molecule has 0 aromatic heterocycles. The van der Waals surface area contributed by atoms with Crippen molar-refractivity contribution in [1.29, 1.82) is 0 Å². The molecule has 0 aromatic rings. The molecule has 0 aliphatic heterocycles. The van der Waals surface area contributed by atoms with Crippen LogP contribution in [0.3, 0.4) is 0 Å². The van der Waals surface area contributed by atoms with Crippen LogP contribution in [0.4, 0.5) is 0 Å². The van der Waals surface area contributed by atoms with Crippen LogP contribution >= 0.6 is 0 Å². The predicted molar refractivity (Wildman–Crippen MR) is 57.8 cm³/mol. The number of carbonyl (C=O) groups is 3. The van der Waals surface area contributed by atoms with Gasteiger partial charge in [-0.2, -0.15) is 0 Å². The maximum absolute atomic E-state index is 11.3. The molecule has 86 valence electrons. The van der Waals surface area contributed by atoms with Crippen LogP contribution in [0.5, 0.6) is 0 Å². The van der Waals surface area contributed by atoms with E-state index in [1.54, 1.807) is 0 Å². The summed E-state index contributed by atoms with van der Waals surface area (Å²) in [6.07, 6.45) is 2.60. The first kappa shape index (κ1) is 12.5. The number of aliphatic hydroxyl groups is 1. The van der Waals surface area contributed by atoms with Crippen LogP contribution in [0.15, 0.2) is 23.3 Å². The Bertz CT molecular complexity index is 428. The molecule has 1 N–H and O–H groups in total. The standard InChI is InChI=1S/C12H14O4/c1-7(13)10-4-11(8(2)14)6-12(16,5-10)9(3)15/h4-5,16H,6H2,1-3H3. The minimum Gasteiger partial charge on any atom is -0.378 e. The normalized spacial score (nSPS) is 24.5. The lowest BCUT2D eigenvalue weighted by Crippen LogP contribution is -2.38. The van der Waals surface area contributed by atoms with E-state index in [4.69, 9.17) is 0 Å². The van der Waals surface area contributed by atoms with Gasteiger partial charge in [-0.25, -0.2) is 0 Å². The van der Waals surface area contributed by atoms with Gasteiger partial charge in [0.2, 0.25) is 0 Å². The summed E-state index contributed by atoms with van der Waals surface area (Å²) < 4.78 is 0. The van der Waals surface area contributed by atoms with Crippen molar-refractivity contribution < 1.29 is 19.5 Å². The topological polar surface area (TPSA) is 71.4 Å². The van der Waals surface area contributed by atoms with E-state index in [1.165, 1.54) is 32.9 Å². The maximum atomic E-state index is 11.3. The van der Waals surface area contributed by atoms with Crippen molar-refractivity contribution in [3.8, 4) is 0 Å². The van der Waals surface area contributed by atoms with Gasteiger partial charge in [0, 0.05) is 12.0 Å². The van der Waals surface area contributed by atoms with Gasteiger partial charge >= 0.3 is 0 Å². The van der Waals surface area contributed by atoms with Crippen LogP contribution < -0.4 is 0 Å². The second-order valence-electron chi connectivity index (χ2n) is 4.04. The van der Waals surface area contributed by atoms with Gasteiger partial charge in [0.15, 0.2) is 17.3 Å². The smallest absolute Gasteiger partial charge is 0.165 e. The van der Waals surface area contributed by atoms with E-state index in [0.29, 0.717) is 5.57 Å². The number of hydrogen-bond donors (Lipinski definition) is 1. The Morgan fingerprint density at radius 3 is 2.12 bits per heavy atom. The summed E-state index contributed by atoms with van der Waals surface area (Å²) in [5.41, 5.74) is -1.23. The molecule has 1 aliphatic carbocycles. The molecule has 0 saturated heterocycles. The van der Waals surface area contributed by atoms with Crippen molar-refractivity contribution in [1.82, 2.24) is 0 Å². The van der Waals surface area contributed by atoms with E-state index < -0.39 is 11.4 Å². The SMILES string of the molecule is CC(=O)C1=CC(O)(C(C)=O)CC(C(C)=O)=C1. The Morgan fingerprint density at radius 1 is 1.19 bits per heavy atom. The van der Waals surface area contributed by atoms with Gasteiger partial charge in [-0.1, -0.05) is 0 Å². The van der Waals surface area contributed by atoms with Gasteiger partial charge in [0.25, 0.3) is 0 Å². The molecule has 0 fully saturated rings. The van der Waals surface area contributed by atoms with Crippen molar-refractivity contribution in [2.24, 2.45) is 0 Å². The summed E-state index contributed by atoms with van der Waals surface area (Å²) in [5, 5.41) is 10.0. The molecule has 1 aliphatic rings. The van der Waals surface area contributed by atoms with Crippen LogP contribution in [0.2, 0.25) is 0 Å². The first-order valence-corrected chi connectivity index (χ1v) is 4.95. The zero-order valence-electron chi connectivity index (χ0n) is 9.53. The molecule has 4 heteroatoms. The van der Waals surface area contributed by atoms with Crippen LogP contribution in [0.25, 0.3) is 0 Å². The second-order valence-corrected chi connectivity index (χ2v) is 4.04. The fraction of sp³-hybridized carbons (Fsp3) is 0.417. The minimum absolute atomic E-state index is 0.0611. The van der Waals surface area contributed by atoms with Gasteiger partial charge in [-0.3, -0.25) is 14.4 Å². The fourth-order valence-corrected chi connectivity index (χ4v) is 1.53. The third-order valence-corrected chi connectivity index (χ3v) is 2.65. The highest BCUT2D eigenvalue weighted by Gasteiger charge is 2.35. The largest absolute Gasteiger partial charge is 0.378 e. The summed E-state index contributed by atoms with van der Waals surface area (Å²) in [6.45, 7) is 3.90. The highest BCUT2D eigenvalue weighted by atomic mass is 16.3. The number of carbonyl (C=O) groups excluding carboxylic acids is 3. The molecule has 0 bridgehead atoms. The Balaban J connectivity index is 3.25. The number of allylic oxidation sites excluding steroid dienone is 2. The highest BCUT2D eigenvalue weighted by molar-refractivity contribution is 6.04. The van der Waals surface area contributed by atoms with E-state index in [2.05, 4.69) is 0 Å². The molecular formula is C12H14O4. The highest BCUT2D eigenvalue weighted by Crippen LogP contribution is 2.28. The summed E-state index contributed by atoms with van der Waals surface area (Å²) in [5.74, 6) is -0.997. The van der Waals surface area contributed by atoms with Gasteiger partial charge in [-0.15, -0.1) is 0 Å². The van der Waals surface area contributed by atoms with Gasteiger partial charge < -0.3 is 5.11 Å². The molecule has 0 aromatic carbocycles. The molecule has 0 amide bonds. The van der Waals surface area contributed by atoms with Crippen molar-refractivity contribution in [2.45, 2.75) is 32.8 Å². The number of Topliss-reactive ketones (excluding diaryl/α,β-unsaturated/α-hetero) is 3. The summed E-state index contributed by atoms with van der Waals surface area (Å²) >= 11 is 0. The van der Waals surface area contributed by atoms with Gasteiger partial charge in [0.1, 0.15) is 5.60 Å². The summed E-state index contributed by atoms with van der Waals surface area (Å²) in [7, 11) is 0. The van der Waals surface area contributed by atoms with E-state index >= 15 is 0 Å². The van der Waals surface area contributed by atoms with Crippen LogP contribution in [-0.4, -0.2) is 28.1 Å². The molecule has 16 heavy (non-hydrogen) atoms. The Morgan fingerprint density at radius 2 is 1.75 bits per heavy atom. The van der Waals surface area contributed by atoms with Gasteiger partial charge in [0.05, 0.1) is 0 Å². The molecule has 0 radical (unpaired) electrons. The second kappa shape index (κ2) is 4.14. The third kappa shape index (κ3) is 2.33. The van der Waals surface area contributed by atoms with Crippen molar-refractivity contribution >= 4 is 17.3 Å². The molecule has 4 nitrogen and oxygen atoms in total. The van der Waals surface area contributed by atoms with E-state index in [-0.39, 0.29) is 23.6 Å². The average Bonchev–Trinajstić information content (AvgIpc) is 2.16. The zero-order valence-corrected chi connectivity index (χ0v) is 9.53. The van der Waals surface area contributed by atoms with E-state index in [9.17, 15) is 19.5 Å². The molecule has 0 saturated carbocycles. The predicted octanol–water partition coefficient (Wildman–Crippen LogP) is 0.741. The van der Waals surface area contributed by atoms with E-state index in [1.807, 2.05) is 0 Å². The first-order chi connectivity index (χ1) is 7.26. The van der Waals surface area contributed by atoms with Crippen molar-refractivity contribution in [3.05, 3.63) is 23.3 Å². The average molecular weight is 222 g/mol. The third-order valence-electron chi connectivity index (χ3n) is 2.65. The van der Waals surface area contributed by atoms with Crippen LogP contribution in [0, 0.1) is 0 Å². The molecule has 1 unspecified atom stereocenters. The molecule has 1 atom stereocenters. The lowest BCUT2D eigenvalue weighted by Gasteiger charge is -2.26. The van der Waals surface area contributed by atoms with Crippen LogP contribution in [0.1, 0.15) is 27.2 Å². The monoisotopic (exact) mass is 222 g/mol. The Hall–Kier alpha value is -1.55. The lowest BCUT2D eigenvalue weighted by atomic mass is 9.82. The maximum Gasteiger partial charge on any atom is 0.165 e. The number of hydrogen-bond acceptors (Lipinski definition) is 4. The van der Waals surface area contributed by atoms with Crippen molar-refractivity contribution in [2.75, 3.05) is 0 Å². The molecule has 0 spiro atoms. The first-order valence-electron chi connectivity index (χ1n) is 4.95. The molecular weight excluding hydrogens is 208 g/mol. The Kier molecular flexibility index (Phi) is 3.24. The molecule has 0 heterocycles. The van der Waals surface area contributed by atoms with E-state index in [0.717, 1.165) is 0 Å². The number of rotatable bonds is 3. The van der Waals surface area contributed by atoms with Crippen molar-refractivity contribution in [3.63, 3.8) is 0 Å². The number of ketones is 3. The lowest BCUT2D eigenvalue weighted by molar-refractivity contribution is -0.130. The summed E-state index contributed by atoms with van der Waals surface area (Å²) in [4.78, 5) is 33.8. The summed E-state index contributed by atoms with van der Waals surface area (Å²) in [6, 6.07) is 0. The molecule has 1 rings (SSSR count). The van der Waals surface area contributed by atoms with Gasteiger partial charge in [-0.05, 0) is 38.5 Å². The Labute approximate surface area is 93.6 Å². The quantitative estimate of drug-likeness (QED) is 0.764. The fourth-order valence-electron chi connectivity index (χ4n) is 1.53. The van der Waals surface area contributed by atoms with Crippen LogP contribution in [-0.2, 0) is 14.4 Å². The minimum atomic E-state index is -1.73. The zero-order chi connectivity index (χ0) is 12.5.